The minimum Gasteiger partial charge on any atom is -0.460 e. The molecule has 0 amide bonds. The van der Waals surface area contributed by atoms with Gasteiger partial charge in [0.15, 0.2) is 4.80 Å². The Balaban J connectivity index is 1.58. The third-order valence-electron chi connectivity index (χ3n) is 6.22. The van der Waals surface area contributed by atoms with E-state index in [1.54, 1.807) is 61.5 Å². The van der Waals surface area contributed by atoms with Gasteiger partial charge >= 0.3 is 5.97 Å². The Kier molecular flexibility index (Phi) is 7.78. The fourth-order valence-electron chi connectivity index (χ4n) is 4.33. The number of ether oxygens (including phenoxy) is 2. The second kappa shape index (κ2) is 11.4. The Labute approximate surface area is 236 Å². The second-order valence-electron chi connectivity index (χ2n) is 8.74. The maximum Gasteiger partial charge on any atom is 0.338 e. The van der Waals surface area contributed by atoms with Crippen LogP contribution in [0.2, 0.25) is 5.02 Å². The van der Waals surface area contributed by atoms with Gasteiger partial charge in [-0.15, -0.1) is 0 Å². The second-order valence-corrected chi connectivity index (χ2v) is 10.2. The first-order chi connectivity index (χ1) is 19.3. The molecule has 1 atom stereocenters. The zero-order valence-electron chi connectivity index (χ0n) is 21.3. The molecule has 5 rings (SSSR count). The van der Waals surface area contributed by atoms with Crippen molar-refractivity contribution in [3.05, 3.63) is 118 Å². The number of non-ortho nitro benzene ring substituents is 1. The minimum atomic E-state index is -0.852. The predicted octanol–water partition coefficient (Wildman–Crippen LogP) is 4.25. The van der Waals surface area contributed by atoms with Gasteiger partial charge < -0.3 is 13.9 Å². The number of allylic oxidation sites excluding steroid dienone is 1. The van der Waals surface area contributed by atoms with Crippen molar-refractivity contribution in [2.75, 3.05) is 20.3 Å². The lowest BCUT2D eigenvalue weighted by molar-refractivity contribution is -0.384. The van der Waals surface area contributed by atoms with Crippen molar-refractivity contribution in [1.29, 1.82) is 0 Å². The first-order valence-corrected chi connectivity index (χ1v) is 13.3. The van der Waals surface area contributed by atoms with Gasteiger partial charge in [-0.25, -0.2) is 9.79 Å². The lowest BCUT2D eigenvalue weighted by atomic mass is 9.96. The molecule has 0 aliphatic carbocycles. The topological polar surface area (TPSA) is 126 Å². The van der Waals surface area contributed by atoms with Gasteiger partial charge in [0.25, 0.3) is 11.2 Å². The molecule has 3 heterocycles. The first kappa shape index (κ1) is 27.3. The summed E-state index contributed by atoms with van der Waals surface area (Å²) in [6.07, 6.45) is 1.60. The van der Waals surface area contributed by atoms with Crippen molar-refractivity contribution in [3.63, 3.8) is 0 Å². The summed E-state index contributed by atoms with van der Waals surface area (Å²) in [6, 6.07) is 15.5. The van der Waals surface area contributed by atoms with E-state index in [9.17, 15) is 19.7 Å². The molecular formula is C28H22ClN3O7S. The number of carbonyl (C=O) groups is 1. The van der Waals surface area contributed by atoms with E-state index in [4.69, 9.17) is 25.5 Å². The molecule has 12 heteroatoms. The third-order valence-corrected chi connectivity index (χ3v) is 7.55. The van der Waals surface area contributed by atoms with Crippen molar-refractivity contribution in [3.8, 4) is 11.3 Å². The number of carbonyl (C=O) groups excluding carboxylic acids is 1. The number of fused-ring (bicyclic) bond motifs is 1. The molecule has 0 bridgehead atoms. The number of nitrogens with zero attached hydrogens (tertiary/aromatic N) is 3. The summed E-state index contributed by atoms with van der Waals surface area (Å²) in [5.41, 5.74) is 1.43. The number of nitro groups is 1. The van der Waals surface area contributed by atoms with Crippen molar-refractivity contribution in [2.24, 2.45) is 4.99 Å². The van der Waals surface area contributed by atoms with Crippen LogP contribution in [0.15, 0.2) is 86.1 Å². The molecule has 0 unspecified atom stereocenters. The van der Waals surface area contributed by atoms with E-state index >= 15 is 0 Å². The standard InChI is InChI=1S/C28H22ClN3O7S/c1-16-24(27(34)38-14-13-37-2)25(20-5-3-4-6-21(20)29)31-26(33)23(40-28(31)30-16)15-19-11-12-22(39-19)17-7-9-18(10-8-17)32(35)36/h3-12,15,25H,13-14H2,1-2H3/b23-15+/t25-/m0/s1. The highest BCUT2D eigenvalue weighted by Crippen LogP contribution is 2.34. The summed E-state index contributed by atoms with van der Waals surface area (Å²) in [7, 11) is 1.50. The van der Waals surface area contributed by atoms with Gasteiger partial charge in [-0.2, -0.15) is 0 Å². The summed E-state index contributed by atoms with van der Waals surface area (Å²) >= 11 is 7.70. The summed E-state index contributed by atoms with van der Waals surface area (Å²) in [4.78, 5) is 42.4. The average molecular weight is 580 g/mol. The molecule has 0 fully saturated rings. The number of nitro benzene ring substituents is 1. The average Bonchev–Trinajstić information content (AvgIpc) is 3.52. The predicted molar refractivity (Wildman–Crippen MR) is 149 cm³/mol. The molecule has 0 spiro atoms. The number of methoxy groups -OCH3 is 1. The Morgan fingerprint density at radius 3 is 2.62 bits per heavy atom. The van der Waals surface area contributed by atoms with E-state index in [0.29, 0.717) is 42.7 Å². The number of furan rings is 1. The lowest BCUT2D eigenvalue weighted by Crippen LogP contribution is -2.40. The van der Waals surface area contributed by atoms with E-state index in [1.165, 1.54) is 23.8 Å². The van der Waals surface area contributed by atoms with Crippen LogP contribution in [0.1, 0.15) is 24.3 Å². The zero-order valence-corrected chi connectivity index (χ0v) is 22.9. The van der Waals surface area contributed by atoms with Crippen LogP contribution < -0.4 is 14.9 Å². The van der Waals surface area contributed by atoms with Crippen LogP contribution in [0.3, 0.4) is 0 Å². The van der Waals surface area contributed by atoms with E-state index in [-0.39, 0.29) is 30.0 Å². The highest BCUT2D eigenvalue weighted by Gasteiger charge is 2.34. The minimum absolute atomic E-state index is 0.0260. The zero-order chi connectivity index (χ0) is 28.4. The molecule has 0 saturated heterocycles. The maximum absolute atomic E-state index is 13.8. The summed E-state index contributed by atoms with van der Waals surface area (Å²) in [5, 5.41) is 11.3. The van der Waals surface area contributed by atoms with Crippen LogP contribution in [0.4, 0.5) is 5.69 Å². The number of halogens is 1. The van der Waals surface area contributed by atoms with E-state index in [1.807, 2.05) is 0 Å². The first-order valence-electron chi connectivity index (χ1n) is 12.1. The van der Waals surface area contributed by atoms with Crippen molar-refractivity contribution >= 4 is 40.7 Å². The van der Waals surface area contributed by atoms with Crippen LogP contribution in [0, 0.1) is 10.1 Å². The van der Waals surface area contributed by atoms with Crippen molar-refractivity contribution in [1.82, 2.24) is 4.57 Å². The number of benzene rings is 2. The Morgan fingerprint density at radius 2 is 1.93 bits per heavy atom. The van der Waals surface area contributed by atoms with Crippen LogP contribution in [0.5, 0.6) is 0 Å². The molecule has 1 aliphatic rings. The van der Waals surface area contributed by atoms with E-state index in [2.05, 4.69) is 4.99 Å². The van der Waals surface area contributed by atoms with Crippen LogP contribution in [0.25, 0.3) is 17.4 Å². The van der Waals surface area contributed by atoms with E-state index in [0.717, 1.165) is 11.3 Å². The summed E-state index contributed by atoms with van der Waals surface area (Å²) < 4.78 is 18.1. The van der Waals surface area contributed by atoms with Gasteiger partial charge in [-0.05, 0) is 42.8 Å². The number of esters is 1. The van der Waals surface area contributed by atoms with Gasteiger partial charge in [0.05, 0.1) is 27.3 Å². The Morgan fingerprint density at radius 1 is 1.18 bits per heavy atom. The lowest BCUT2D eigenvalue weighted by Gasteiger charge is -2.25. The SMILES string of the molecule is COCCOC(=O)C1=C(C)N=c2s/c(=C/c3ccc(-c4ccc([N+](=O)[O-])cc4)o3)c(=O)n2[C@H]1c1ccccc1Cl. The number of hydrogen-bond donors (Lipinski definition) is 0. The number of hydrogen-bond acceptors (Lipinski definition) is 9. The smallest absolute Gasteiger partial charge is 0.338 e. The molecule has 204 valence electrons. The van der Waals surface area contributed by atoms with Crippen LogP contribution >= 0.6 is 22.9 Å². The van der Waals surface area contributed by atoms with Crippen molar-refractivity contribution < 1.29 is 23.6 Å². The van der Waals surface area contributed by atoms with E-state index < -0.39 is 16.9 Å². The monoisotopic (exact) mass is 579 g/mol. The van der Waals surface area contributed by atoms with Gasteiger partial charge in [-0.1, -0.05) is 41.1 Å². The fourth-order valence-corrected chi connectivity index (χ4v) is 5.60. The molecule has 1 aliphatic heterocycles. The number of thiazole rings is 1. The fraction of sp³-hybridized carbons (Fsp3) is 0.179. The molecule has 2 aromatic carbocycles. The normalized spacial score (nSPS) is 15.1. The molecule has 0 saturated carbocycles. The number of aromatic nitrogens is 1. The molecule has 40 heavy (non-hydrogen) atoms. The van der Waals surface area contributed by atoms with Gasteiger partial charge in [0, 0.05) is 35.9 Å². The van der Waals surface area contributed by atoms with Gasteiger partial charge in [-0.3, -0.25) is 19.5 Å². The largest absolute Gasteiger partial charge is 0.460 e. The van der Waals surface area contributed by atoms with Gasteiger partial charge in [0.2, 0.25) is 0 Å². The van der Waals surface area contributed by atoms with Crippen molar-refractivity contribution in [2.45, 2.75) is 13.0 Å². The molecule has 0 radical (unpaired) electrons. The van der Waals surface area contributed by atoms with Gasteiger partial charge in [0.1, 0.15) is 24.2 Å². The molecule has 2 aromatic heterocycles. The molecule has 10 nitrogen and oxygen atoms in total. The quantitative estimate of drug-likeness (QED) is 0.132. The third kappa shape index (κ3) is 5.26. The molecule has 4 aromatic rings. The molecular weight excluding hydrogens is 558 g/mol. The highest BCUT2D eigenvalue weighted by molar-refractivity contribution is 7.07. The van der Waals surface area contributed by atoms with Crippen LogP contribution in [-0.4, -0.2) is 35.8 Å². The van der Waals surface area contributed by atoms with Crippen LogP contribution in [-0.2, 0) is 14.3 Å². The maximum atomic E-state index is 13.8. The Hall–Kier alpha value is -4.32. The summed E-state index contributed by atoms with van der Waals surface area (Å²) in [5.74, 6) is 0.277. The summed E-state index contributed by atoms with van der Waals surface area (Å²) in [6.45, 7) is 1.96. The number of rotatable bonds is 8. The Bertz CT molecular complexity index is 1820. The highest BCUT2D eigenvalue weighted by atomic mass is 35.5. The molecule has 0 N–H and O–H groups in total.